The SMILES string of the molecule is CC1(c2nc(-c3cc4c([nH]c3=O)CCOC4)no2)CCc2ccccc2C1. The number of aromatic amines is 1. The maximum atomic E-state index is 12.5. The van der Waals surface area contributed by atoms with Crippen LogP contribution in [0.3, 0.4) is 0 Å². The van der Waals surface area contributed by atoms with E-state index < -0.39 is 0 Å². The summed E-state index contributed by atoms with van der Waals surface area (Å²) in [5, 5.41) is 4.13. The summed E-state index contributed by atoms with van der Waals surface area (Å²) in [6.07, 6.45) is 3.51. The minimum atomic E-state index is -0.219. The summed E-state index contributed by atoms with van der Waals surface area (Å²) in [7, 11) is 0. The van der Waals surface area contributed by atoms with E-state index in [1.54, 1.807) is 0 Å². The van der Waals surface area contributed by atoms with Crippen LogP contribution in [0.4, 0.5) is 0 Å². The van der Waals surface area contributed by atoms with Crippen LogP contribution < -0.4 is 5.56 Å². The molecular weight excluding hydrogens is 342 g/mol. The molecule has 0 saturated heterocycles. The van der Waals surface area contributed by atoms with Gasteiger partial charge in [-0.1, -0.05) is 36.3 Å². The molecule has 0 amide bonds. The molecule has 1 aromatic carbocycles. The number of rotatable bonds is 2. The summed E-state index contributed by atoms with van der Waals surface area (Å²) in [5.41, 5.74) is 4.69. The smallest absolute Gasteiger partial charge is 0.259 e. The van der Waals surface area contributed by atoms with Gasteiger partial charge in [0, 0.05) is 12.1 Å². The maximum absolute atomic E-state index is 12.5. The van der Waals surface area contributed by atoms with E-state index in [2.05, 4.69) is 46.3 Å². The van der Waals surface area contributed by atoms with E-state index >= 15 is 0 Å². The third kappa shape index (κ3) is 2.80. The molecule has 0 saturated carbocycles. The Labute approximate surface area is 156 Å². The molecule has 0 bridgehead atoms. The van der Waals surface area contributed by atoms with Crippen molar-refractivity contribution in [1.29, 1.82) is 0 Å². The second kappa shape index (κ2) is 6.16. The first kappa shape index (κ1) is 16.4. The van der Waals surface area contributed by atoms with Gasteiger partial charge >= 0.3 is 0 Å². The van der Waals surface area contributed by atoms with E-state index in [1.165, 1.54) is 11.1 Å². The van der Waals surface area contributed by atoms with E-state index in [1.807, 2.05) is 6.07 Å². The van der Waals surface area contributed by atoms with Crippen LogP contribution in [0.5, 0.6) is 0 Å². The zero-order valence-corrected chi connectivity index (χ0v) is 15.2. The van der Waals surface area contributed by atoms with Crippen molar-refractivity contribution in [1.82, 2.24) is 15.1 Å². The predicted molar refractivity (Wildman–Crippen MR) is 99.5 cm³/mol. The van der Waals surface area contributed by atoms with E-state index in [4.69, 9.17) is 9.26 Å². The molecule has 1 atom stereocenters. The van der Waals surface area contributed by atoms with Crippen molar-refractivity contribution in [3.8, 4) is 11.4 Å². The molecule has 27 heavy (non-hydrogen) atoms. The molecule has 0 spiro atoms. The summed E-state index contributed by atoms with van der Waals surface area (Å²) in [5.74, 6) is 0.945. The van der Waals surface area contributed by atoms with Crippen LogP contribution in [0.1, 0.15) is 41.6 Å². The molecule has 5 rings (SSSR count). The van der Waals surface area contributed by atoms with Crippen LogP contribution in [0.25, 0.3) is 11.4 Å². The van der Waals surface area contributed by atoms with Crippen LogP contribution in [0.2, 0.25) is 0 Å². The largest absolute Gasteiger partial charge is 0.376 e. The highest BCUT2D eigenvalue weighted by molar-refractivity contribution is 5.55. The maximum Gasteiger partial charge on any atom is 0.259 e. The molecule has 1 N–H and O–H groups in total. The van der Waals surface area contributed by atoms with Gasteiger partial charge in [0.1, 0.15) is 0 Å². The van der Waals surface area contributed by atoms with Gasteiger partial charge in [-0.05, 0) is 42.0 Å². The number of nitrogens with zero attached hydrogens (tertiary/aromatic N) is 2. The van der Waals surface area contributed by atoms with E-state index in [-0.39, 0.29) is 11.0 Å². The minimum Gasteiger partial charge on any atom is -0.376 e. The average molecular weight is 363 g/mol. The Kier molecular flexibility index (Phi) is 3.75. The molecule has 1 aliphatic heterocycles. The number of hydrogen-bond acceptors (Lipinski definition) is 5. The fourth-order valence-electron chi connectivity index (χ4n) is 4.14. The molecule has 2 aromatic heterocycles. The molecule has 6 heteroatoms. The standard InChI is InChI=1S/C21H21N3O3/c1-21(8-6-13-4-2-3-5-14(13)11-21)20-23-18(24-27-20)16-10-15-12-26-9-7-17(15)22-19(16)25/h2-5,10H,6-9,11-12H2,1H3,(H,22,25). The third-order valence-corrected chi connectivity index (χ3v) is 5.80. The van der Waals surface area contributed by atoms with Gasteiger partial charge in [0.15, 0.2) is 0 Å². The molecule has 138 valence electrons. The molecule has 1 unspecified atom stereocenters. The Bertz CT molecular complexity index is 1070. The Morgan fingerprint density at radius 1 is 1.15 bits per heavy atom. The topological polar surface area (TPSA) is 81.0 Å². The zero-order valence-electron chi connectivity index (χ0n) is 15.2. The third-order valence-electron chi connectivity index (χ3n) is 5.80. The first-order valence-electron chi connectivity index (χ1n) is 9.37. The molecule has 0 fully saturated rings. The van der Waals surface area contributed by atoms with Crippen LogP contribution in [-0.4, -0.2) is 21.7 Å². The number of aromatic nitrogens is 3. The van der Waals surface area contributed by atoms with Gasteiger partial charge in [-0.25, -0.2) is 0 Å². The fraction of sp³-hybridized carbons (Fsp3) is 0.381. The molecule has 2 aliphatic rings. The first-order valence-corrected chi connectivity index (χ1v) is 9.37. The minimum absolute atomic E-state index is 0.179. The lowest BCUT2D eigenvalue weighted by Crippen LogP contribution is -2.30. The number of ether oxygens (including phenoxy) is 1. The van der Waals surface area contributed by atoms with Crippen molar-refractivity contribution in [2.45, 2.75) is 44.6 Å². The summed E-state index contributed by atoms with van der Waals surface area (Å²) in [6.45, 7) is 3.29. The second-order valence-electron chi connectivity index (χ2n) is 7.75. The van der Waals surface area contributed by atoms with Crippen LogP contribution in [-0.2, 0) is 36.0 Å². The molecule has 6 nitrogen and oxygen atoms in total. The second-order valence-corrected chi connectivity index (χ2v) is 7.75. The Balaban J connectivity index is 1.50. The average Bonchev–Trinajstić information content (AvgIpc) is 3.18. The molecule has 3 aromatic rings. The lowest BCUT2D eigenvalue weighted by atomic mass is 9.73. The van der Waals surface area contributed by atoms with Gasteiger partial charge in [0.2, 0.25) is 11.7 Å². The molecule has 0 radical (unpaired) electrons. The number of aryl methyl sites for hydroxylation is 1. The van der Waals surface area contributed by atoms with E-state index in [0.717, 1.165) is 36.9 Å². The van der Waals surface area contributed by atoms with Gasteiger partial charge in [-0.15, -0.1) is 0 Å². The monoisotopic (exact) mass is 363 g/mol. The molecule has 1 aliphatic carbocycles. The van der Waals surface area contributed by atoms with Gasteiger partial charge < -0.3 is 14.2 Å². The normalized spacial score (nSPS) is 21.5. The summed E-state index contributed by atoms with van der Waals surface area (Å²) in [6, 6.07) is 10.3. The Hall–Kier alpha value is -2.73. The van der Waals surface area contributed by atoms with Crippen LogP contribution in [0, 0.1) is 0 Å². The fourth-order valence-corrected chi connectivity index (χ4v) is 4.14. The number of hydrogen-bond donors (Lipinski definition) is 1. The number of fused-ring (bicyclic) bond motifs is 2. The first-order chi connectivity index (χ1) is 13.1. The highest BCUT2D eigenvalue weighted by atomic mass is 16.5. The lowest BCUT2D eigenvalue weighted by molar-refractivity contribution is 0.109. The van der Waals surface area contributed by atoms with Gasteiger partial charge in [-0.3, -0.25) is 4.79 Å². The number of pyridine rings is 1. The number of nitrogens with one attached hydrogen (secondary N) is 1. The van der Waals surface area contributed by atoms with Crippen LogP contribution in [0.15, 0.2) is 39.6 Å². The predicted octanol–water partition coefficient (Wildman–Crippen LogP) is 2.94. The quantitative estimate of drug-likeness (QED) is 0.757. The van der Waals surface area contributed by atoms with Gasteiger partial charge in [0.25, 0.3) is 5.56 Å². The molecular formula is C21H21N3O3. The molecule has 3 heterocycles. The van der Waals surface area contributed by atoms with Crippen molar-refractivity contribution in [2.24, 2.45) is 0 Å². The van der Waals surface area contributed by atoms with E-state index in [9.17, 15) is 4.79 Å². The van der Waals surface area contributed by atoms with Crippen molar-refractivity contribution < 1.29 is 9.26 Å². The number of benzene rings is 1. The Morgan fingerprint density at radius 2 is 2.00 bits per heavy atom. The highest BCUT2D eigenvalue weighted by Crippen LogP contribution is 2.38. The summed E-state index contributed by atoms with van der Waals surface area (Å²) < 4.78 is 11.1. The van der Waals surface area contributed by atoms with Gasteiger partial charge in [0.05, 0.1) is 24.2 Å². The summed E-state index contributed by atoms with van der Waals surface area (Å²) >= 11 is 0. The highest BCUT2D eigenvalue weighted by Gasteiger charge is 2.37. The Morgan fingerprint density at radius 3 is 2.89 bits per heavy atom. The van der Waals surface area contributed by atoms with Crippen molar-refractivity contribution in [3.63, 3.8) is 0 Å². The van der Waals surface area contributed by atoms with Gasteiger partial charge in [-0.2, -0.15) is 4.98 Å². The van der Waals surface area contributed by atoms with E-state index in [0.29, 0.717) is 30.5 Å². The van der Waals surface area contributed by atoms with Crippen molar-refractivity contribution >= 4 is 0 Å². The summed E-state index contributed by atoms with van der Waals surface area (Å²) in [4.78, 5) is 20.1. The zero-order chi connectivity index (χ0) is 18.4. The lowest BCUT2D eigenvalue weighted by Gasteiger charge is -2.31. The van der Waals surface area contributed by atoms with Crippen molar-refractivity contribution in [2.75, 3.05) is 6.61 Å². The van der Waals surface area contributed by atoms with Crippen molar-refractivity contribution in [3.05, 3.63) is 69.0 Å². The number of H-pyrrole nitrogens is 1. The van der Waals surface area contributed by atoms with Crippen LogP contribution >= 0.6 is 0 Å².